The summed E-state index contributed by atoms with van der Waals surface area (Å²) in [6.07, 6.45) is 1.56. The highest BCUT2D eigenvalue weighted by Gasteiger charge is 2.38. The number of nitrogens with two attached hydrogens (primary N) is 1. The minimum absolute atomic E-state index is 0.119. The van der Waals surface area contributed by atoms with Gasteiger partial charge in [-0.15, -0.1) is 0 Å². The molecule has 0 aliphatic carbocycles. The van der Waals surface area contributed by atoms with E-state index in [1.165, 1.54) is 0 Å². The Bertz CT molecular complexity index is 268. The first-order chi connectivity index (χ1) is 5.29. The van der Waals surface area contributed by atoms with Crippen LogP contribution in [0.25, 0.3) is 0 Å². The molecule has 1 aliphatic rings. The van der Waals surface area contributed by atoms with Crippen LogP contribution >= 0.6 is 0 Å². The molecule has 1 amide bonds. The Morgan fingerprint density at radius 2 is 2.45 bits per heavy atom. The van der Waals surface area contributed by atoms with Crippen molar-refractivity contribution in [2.24, 2.45) is 5.73 Å². The molecule has 0 bridgehead atoms. The molecular formula is C7H8N2O2. The quantitative estimate of drug-likeness (QED) is 0.546. The van der Waals surface area contributed by atoms with Crippen molar-refractivity contribution in [1.82, 2.24) is 5.32 Å². The van der Waals surface area contributed by atoms with E-state index in [0.29, 0.717) is 0 Å². The normalized spacial score (nSPS) is 29.4. The van der Waals surface area contributed by atoms with E-state index < -0.39 is 6.04 Å². The van der Waals surface area contributed by atoms with Gasteiger partial charge in [-0.1, -0.05) is 0 Å². The molecule has 0 spiro atoms. The summed E-state index contributed by atoms with van der Waals surface area (Å²) in [4.78, 5) is 10.7. The van der Waals surface area contributed by atoms with Crippen molar-refractivity contribution >= 4 is 5.91 Å². The van der Waals surface area contributed by atoms with Crippen LogP contribution in [0.3, 0.4) is 0 Å². The van der Waals surface area contributed by atoms with Crippen LogP contribution in [0, 0.1) is 0 Å². The van der Waals surface area contributed by atoms with E-state index in [-0.39, 0.29) is 11.9 Å². The maximum Gasteiger partial charge on any atom is 0.240 e. The summed E-state index contributed by atoms with van der Waals surface area (Å²) >= 11 is 0. The van der Waals surface area contributed by atoms with Gasteiger partial charge in [-0.25, -0.2) is 0 Å². The van der Waals surface area contributed by atoms with Crippen molar-refractivity contribution in [2.45, 2.75) is 12.1 Å². The van der Waals surface area contributed by atoms with Gasteiger partial charge in [0.25, 0.3) is 0 Å². The Labute approximate surface area is 63.4 Å². The molecule has 2 atom stereocenters. The van der Waals surface area contributed by atoms with Crippen molar-refractivity contribution < 1.29 is 9.21 Å². The van der Waals surface area contributed by atoms with Crippen LogP contribution in [-0.4, -0.2) is 11.9 Å². The van der Waals surface area contributed by atoms with Crippen molar-refractivity contribution in [3.63, 3.8) is 0 Å². The fraction of sp³-hybridized carbons (Fsp3) is 0.286. The molecule has 2 unspecified atom stereocenters. The number of hydrogen-bond donors (Lipinski definition) is 2. The van der Waals surface area contributed by atoms with Crippen molar-refractivity contribution in [3.05, 3.63) is 24.2 Å². The van der Waals surface area contributed by atoms with Crippen molar-refractivity contribution in [3.8, 4) is 0 Å². The van der Waals surface area contributed by atoms with Gasteiger partial charge in [0.1, 0.15) is 17.8 Å². The third-order valence-corrected chi connectivity index (χ3v) is 1.81. The van der Waals surface area contributed by atoms with E-state index in [4.69, 9.17) is 10.2 Å². The summed E-state index contributed by atoms with van der Waals surface area (Å²) in [5.74, 6) is 0.600. The molecule has 11 heavy (non-hydrogen) atoms. The molecule has 1 aromatic rings. The van der Waals surface area contributed by atoms with Gasteiger partial charge in [0, 0.05) is 0 Å². The second-order valence-corrected chi connectivity index (χ2v) is 2.53. The molecule has 58 valence electrons. The lowest BCUT2D eigenvalue weighted by molar-refractivity contribution is -0.130. The van der Waals surface area contributed by atoms with Gasteiger partial charge < -0.3 is 15.5 Å². The highest BCUT2D eigenvalue weighted by atomic mass is 16.3. The lowest BCUT2D eigenvalue weighted by atomic mass is 9.98. The summed E-state index contributed by atoms with van der Waals surface area (Å²) in [5.41, 5.74) is 5.49. The number of furan rings is 1. The Balaban J connectivity index is 2.15. The molecule has 2 heterocycles. The molecule has 2 rings (SSSR count). The first-order valence-corrected chi connectivity index (χ1v) is 3.38. The average molecular weight is 152 g/mol. The summed E-state index contributed by atoms with van der Waals surface area (Å²) in [7, 11) is 0. The molecule has 4 heteroatoms. The van der Waals surface area contributed by atoms with E-state index in [9.17, 15) is 4.79 Å². The van der Waals surface area contributed by atoms with Gasteiger partial charge in [-0.2, -0.15) is 0 Å². The zero-order valence-corrected chi connectivity index (χ0v) is 5.78. The van der Waals surface area contributed by atoms with Crippen molar-refractivity contribution in [1.29, 1.82) is 0 Å². The lowest BCUT2D eigenvalue weighted by Crippen LogP contribution is -2.60. The van der Waals surface area contributed by atoms with Crippen LogP contribution in [0.1, 0.15) is 11.8 Å². The van der Waals surface area contributed by atoms with Crippen LogP contribution in [0.15, 0.2) is 22.8 Å². The number of amides is 1. The summed E-state index contributed by atoms with van der Waals surface area (Å²) < 4.78 is 5.06. The monoisotopic (exact) mass is 152 g/mol. The van der Waals surface area contributed by atoms with Gasteiger partial charge >= 0.3 is 0 Å². The number of nitrogens with one attached hydrogen (secondary N) is 1. The second-order valence-electron chi connectivity index (χ2n) is 2.53. The molecule has 1 saturated heterocycles. The van der Waals surface area contributed by atoms with Crippen LogP contribution in [0.5, 0.6) is 0 Å². The SMILES string of the molecule is NC1C(=O)NC1c1ccco1. The first kappa shape index (κ1) is 6.42. The number of rotatable bonds is 1. The Hall–Kier alpha value is -1.29. The number of carbonyl (C=O) groups excluding carboxylic acids is 1. The second kappa shape index (κ2) is 2.10. The molecule has 0 saturated carbocycles. The lowest BCUT2D eigenvalue weighted by Gasteiger charge is -2.31. The molecule has 3 N–H and O–H groups in total. The topological polar surface area (TPSA) is 68.3 Å². The third kappa shape index (κ3) is 0.832. The summed E-state index contributed by atoms with van der Waals surface area (Å²) in [6, 6.07) is 3.00. The van der Waals surface area contributed by atoms with E-state index in [2.05, 4.69) is 5.32 Å². The zero-order valence-electron chi connectivity index (χ0n) is 5.78. The van der Waals surface area contributed by atoms with E-state index >= 15 is 0 Å². The van der Waals surface area contributed by atoms with Gasteiger partial charge in [0.05, 0.1) is 6.26 Å². The summed E-state index contributed by atoms with van der Waals surface area (Å²) in [5, 5.41) is 2.64. The third-order valence-electron chi connectivity index (χ3n) is 1.81. The largest absolute Gasteiger partial charge is 0.467 e. The highest BCUT2D eigenvalue weighted by molar-refractivity contribution is 5.89. The van der Waals surface area contributed by atoms with Gasteiger partial charge in [-0.05, 0) is 12.1 Å². The van der Waals surface area contributed by atoms with Crippen molar-refractivity contribution in [2.75, 3.05) is 0 Å². The van der Waals surface area contributed by atoms with E-state index in [1.54, 1.807) is 18.4 Å². The predicted molar refractivity (Wildman–Crippen MR) is 37.6 cm³/mol. The number of β-lactam (4-membered cyclic amide) rings is 1. The smallest absolute Gasteiger partial charge is 0.240 e. The molecule has 1 aromatic heterocycles. The van der Waals surface area contributed by atoms with Gasteiger partial charge in [0.2, 0.25) is 5.91 Å². The minimum atomic E-state index is -0.443. The minimum Gasteiger partial charge on any atom is -0.467 e. The first-order valence-electron chi connectivity index (χ1n) is 3.38. The number of hydrogen-bond acceptors (Lipinski definition) is 3. The zero-order chi connectivity index (χ0) is 7.84. The average Bonchev–Trinajstić information content (AvgIpc) is 2.51. The maximum atomic E-state index is 10.7. The number of carbonyl (C=O) groups is 1. The Kier molecular flexibility index (Phi) is 1.22. The fourth-order valence-electron chi connectivity index (χ4n) is 1.11. The molecule has 0 radical (unpaired) electrons. The van der Waals surface area contributed by atoms with Gasteiger partial charge in [-0.3, -0.25) is 4.79 Å². The van der Waals surface area contributed by atoms with Crippen LogP contribution < -0.4 is 11.1 Å². The summed E-state index contributed by atoms with van der Waals surface area (Å²) in [6.45, 7) is 0. The van der Waals surface area contributed by atoms with Crippen LogP contribution in [0.2, 0.25) is 0 Å². The predicted octanol–water partition coefficient (Wildman–Crippen LogP) is -0.222. The highest BCUT2D eigenvalue weighted by Crippen LogP contribution is 2.22. The maximum absolute atomic E-state index is 10.7. The van der Waals surface area contributed by atoms with E-state index in [1.807, 2.05) is 0 Å². The van der Waals surface area contributed by atoms with Gasteiger partial charge in [0.15, 0.2) is 0 Å². The molecule has 1 fully saturated rings. The fourth-order valence-corrected chi connectivity index (χ4v) is 1.11. The Morgan fingerprint density at radius 1 is 1.64 bits per heavy atom. The molecular weight excluding hydrogens is 144 g/mol. The molecule has 4 nitrogen and oxygen atoms in total. The Morgan fingerprint density at radius 3 is 2.91 bits per heavy atom. The molecule has 1 aliphatic heterocycles. The van der Waals surface area contributed by atoms with Crippen LogP contribution in [0.4, 0.5) is 0 Å². The standard InChI is InChI=1S/C7H8N2O2/c8-5-6(9-7(5)10)4-2-1-3-11-4/h1-3,5-6H,8H2,(H,9,10). The van der Waals surface area contributed by atoms with Crippen LogP contribution in [-0.2, 0) is 4.79 Å². The molecule has 0 aromatic carbocycles. The van der Waals surface area contributed by atoms with E-state index in [0.717, 1.165) is 5.76 Å².